The second-order valence-corrected chi connectivity index (χ2v) is 10.6. The average Bonchev–Trinajstić information content (AvgIpc) is 2.82. The minimum absolute atomic E-state index is 0.0142. The maximum absolute atomic E-state index is 13.5. The summed E-state index contributed by atoms with van der Waals surface area (Å²) < 4.78 is 11.6. The van der Waals surface area contributed by atoms with Gasteiger partial charge in [-0.15, -0.1) is 5.16 Å². The predicted molar refractivity (Wildman–Crippen MR) is 142 cm³/mol. The third kappa shape index (κ3) is 4.31. The highest BCUT2D eigenvalue weighted by Gasteiger charge is 2.30. The van der Waals surface area contributed by atoms with Crippen LogP contribution in [0.25, 0.3) is 11.0 Å². The van der Waals surface area contributed by atoms with Crippen LogP contribution < -0.4 is 21.1 Å². The Morgan fingerprint density at radius 3 is 2.69 bits per heavy atom. The first-order valence-corrected chi connectivity index (χ1v) is 12.2. The van der Waals surface area contributed by atoms with Crippen molar-refractivity contribution >= 4 is 41.3 Å². The van der Waals surface area contributed by atoms with E-state index in [2.05, 4.69) is 35.3 Å². The highest BCUT2D eigenvalue weighted by molar-refractivity contribution is 6.64. The standard InChI is InChI=1S/C27H32BN3O4/c1-16-13-20(18(3)30-22-8-6-7-19-15-29-35-28(33)23(19)22)25-21(14-16)24(32)17(2)26(34-25)31-11-9-27(4,5)10-12-31/h6-8,13-15,18,30,33H,9-12H2,1-5H3/t18-/m1/s1. The Bertz CT molecular complexity index is 1370. The summed E-state index contributed by atoms with van der Waals surface area (Å²) in [5.41, 5.74) is 5.65. The SMILES string of the molecule is Cc1cc([C@@H](C)Nc2cccc3c2B(O)ON=C3)c2oc(N3CCC(C)(C)CC3)c(C)c(=O)c2c1. The Kier molecular flexibility index (Phi) is 5.87. The van der Waals surface area contributed by atoms with Crippen molar-refractivity contribution in [3.05, 3.63) is 62.8 Å². The number of piperidine rings is 1. The zero-order valence-electron chi connectivity index (χ0n) is 21.0. The van der Waals surface area contributed by atoms with Gasteiger partial charge >= 0.3 is 7.12 Å². The number of anilines is 2. The van der Waals surface area contributed by atoms with E-state index < -0.39 is 7.12 Å². The average molecular weight is 473 g/mol. The predicted octanol–water partition coefficient (Wildman–Crippen LogP) is 4.26. The quantitative estimate of drug-likeness (QED) is 0.551. The van der Waals surface area contributed by atoms with E-state index in [1.54, 1.807) is 6.21 Å². The summed E-state index contributed by atoms with van der Waals surface area (Å²) in [6, 6.07) is 9.47. The van der Waals surface area contributed by atoms with Crippen molar-refractivity contribution in [2.24, 2.45) is 10.6 Å². The van der Waals surface area contributed by atoms with Crippen LogP contribution in [0.4, 0.5) is 11.6 Å². The molecule has 2 aliphatic rings. The Morgan fingerprint density at radius 1 is 1.20 bits per heavy atom. The third-order valence-corrected chi connectivity index (χ3v) is 7.35. The second-order valence-electron chi connectivity index (χ2n) is 10.6. The van der Waals surface area contributed by atoms with Crippen LogP contribution in [-0.2, 0) is 4.76 Å². The van der Waals surface area contributed by atoms with Crippen molar-refractivity contribution in [1.29, 1.82) is 0 Å². The number of fused-ring (bicyclic) bond motifs is 2. The van der Waals surface area contributed by atoms with E-state index >= 15 is 0 Å². The van der Waals surface area contributed by atoms with Crippen LogP contribution in [0.3, 0.4) is 0 Å². The first-order valence-electron chi connectivity index (χ1n) is 12.2. The third-order valence-electron chi connectivity index (χ3n) is 7.35. The maximum atomic E-state index is 13.5. The van der Waals surface area contributed by atoms with Crippen molar-refractivity contribution in [3.8, 4) is 0 Å². The molecule has 1 aromatic heterocycles. The van der Waals surface area contributed by atoms with Gasteiger partial charge in [0.15, 0.2) is 5.43 Å². The summed E-state index contributed by atoms with van der Waals surface area (Å²) >= 11 is 0. The molecule has 8 heteroatoms. The molecule has 5 rings (SSSR count). The van der Waals surface area contributed by atoms with Gasteiger partial charge in [0.1, 0.15) is 5.58 Å². The largest absolute Gasteiger partial charge is 0.585 e. The molecule has 0 radical (unpaired) electrons. The molecule has 2 aromatic carbocycles. The van der Waals surface area contributed by atoms with E-state index in [0.29, 0.717) is 33.3 Å². The zero-order chi connectivity index (χ0) is 24.9. The number of nitrogens with zero attached hydrogens (tertiary/aromatic N) is 2. The monoisotopic (exact) mass is 473 g/mol. The van der Waals surface area contributed by atoms with E-state index in [1.165, 1.54) is 0 Å². The number of nitrogens with one attached hydrogen (secondary N) is 1. The fourth-order valence-corrected chi connectivity index (χ4v) is 5.10. The molecule has 1 atom stereocenters. The molecule has 35 heavy (non-hydrogen) atoms. The van der Waals surface area contributed by atoms with Crippen molar-refractivity contribution in [3.63, 3.8) is 0 Å². The van der Waals surface area contributed by atoms with Crippen LogP contribution in [0.2, 0.25) is 0 Å². The molecule has 0 amide bonds. The minimum Gasteiger partial charge on any atom is -0.440 e. The summed E-state index contributed by atoms with van der Waals surface area (Å²) in [5, 5.41) is 18.2. The summed E-state index contributed by atoms with van der Waals surface area (Å²) in [7, 11) is -1.14. The fraction of sp³-hybridized carbons (Fsp3) is 0.407. The van der Waals surface area contributed by atoms with Gasteiger partial charge in [0.2, 0.25) is 5.88 Å². The lowest BCUT2D eigenvalue weighted by molar-refractivity contribution is 0.274. The lowest BCUT2D eigenvalue weighted by Gasteiger charge is -2.37. The summed E-state index contributed by atoms with van der Waals surface area (Å²) in [6.07, 6.45) is 3.70. The van der Waals surface area contributed by atoms with Gasteiger partial charge in [-0.25, -0.2) is 0 Å². The van der Waals surface area contributed by atoms with E-state index in [-0.39, 0.29) is 11.5 Å². The first kappa shape index (κ1) is 23.5. The van der Waals surface area contributed by atoms with Crippen LogP contribution in [0, 0.1) is 19.3 Å². The van der Waals surface area contributed by atoms with E-state index in [4.69, 9.17) is 9.17 Å². The molecule has 0 aliphatic carbocycles. The smallest absolute Gasteiger partial charge is 0.440 e. The molecular formula is C27H32BN3O4. The first-order chi connectivity index (χ1) is 16.6. The highest BCUT2D eigenvalue weighted by Crippen LogP contribution is 2.36. The minimum atomic E-state index is -1.14. The van der Waals surface area contributed by atoms with Crippen LogP contribution in [-0.4, -0.2) is 31.4 Å². The van der Waals surface area contributed by atoms with Crippen LogP contribution in [0.15, 0.2) is 44.7 Å². The van der Waals surface area contributed by atoms with Crippen molar-refractivity contribution in [2.45, 2.75) is 53.5 Å². The topological polar surface area (TPSA) is 87.3 Å². The normalized spacial score (nSPS) is 17.8. The highest BCUT2D eigenvalue weighted by atomic mass is 16.6. The van der Waals surface area contributed by atoms with Crippen molar-refractivity contribution in [1.82, 2.24) is 0 Å². The molecule has 3 aromatic rings. The Morgan fingerprint density at radius 2 is 1.94 bits per heavy atom. The second kappa shape index (κ2) is 8.75. The Labute approximate surface area is 205 Å². The molecule has 7 nitrogen and oxygen atoms in total. The summed E-state index contributed by atoms with van der Waals surface area (Å²) in [4.78, 5) is 15.7. The van der Waals surface area contributed by atoms with Gasteiger partial charge in [-0.3, -0.25) is 4.79 Å². The molecule has 182 valence electrons. The van der Waals surface area contributed by atoms with Crippen LogP contribution in [0.5, 0.6) is 0 Å². The van der Waals surface area contributed by atoms with Gasteiger partial charge in [-0.2, -0.15) is 0 Å². The van der Waals surface area contributed by atoms with Gasteiger partial charge < -0.3 is 24.4 Å². The lowest BCUT2D eigenvalue weighted by atomic mass is 9.75. The van der Waals surface area contributed by atoms with Gasteiger partial charge in [0, 0.05) is 29.8 Å². The molecule has 1 fully saturated rings. The van der Waals surface area contributed by atoms with E-state index in [1.807, 2.05) is 45.0 Å². The number of rotatable bonds is 4. The van der Waals surface area contributed by atoms with Crippen LogP contribution in [0.1, 0.15) is 61.9 Å². The summed E-state index contributed by atoms with van der Waals surface area (Å²) in [6.45, 7) is 12.2. The fourth-order valence-electron chi connectivity index (χ4n) is 5.10. The Hall–Kier alpha value is -3.26. The van der Waals surface area contributed by atoms with Gasteiger partial charge in [0.05, 0.1) is 23.2 Å². The molecule has 1 saturated heterocycles. The number of oxime groups is 1. The molecule has 2 aliphatic heterocycles. The molecule has 0 spiro atoms. The molecular weight excluding hydrogens is 441 g/mol. The number of benzene rings is 2. The van der Waals surface area contributed by atoms with Gasteiger partial charge in [-0.1, -0.05) is 32.0 Å². The number of aryl methyl sites for hydroxylation is 1. The zero-order valence-corrected chi connectivity index (χ0v) is 21.0. The van der Waals surface area contributed by atoms with Crippen LogP contribution >= 0.6 is 0 Å². The number of hydrogen-bond donors (Lipinski definition) is 2. The molecule has 2 N–H and O–H groups in total. The van der Waals surface area contributed by atoms with Gasteiger partial charge in [0.25, 0.3) is 0 Å². The molecule has 0 bridgehead atoms. The van der Waals surface area contributed by atoms with Gasteiger partial charge in [-0.05, 0) is 62.3 Å². The molecule has 3 heterocycles. The lowest BCUT2D eigenvalue weighted by Crippen LogP contribution is -2.39. The van der Waals surface area contributed by atoms with Crippen molar-refractivity contribution in [2.75, 3.05) is 23.3 Å². The number of hydrogen-bond acceptors (Lipinski definition) is 7. The molecule has 0 saturated carbocycles. The molecule has 0 unspecified atom stereocenters. The van der Waals surface area contributed by atoms with Crippen molar-refractivity contribution < 1.29 is 14.2 Å². The summed E-state index contributed by atoms with van der Waals surface area (Å²) in [5.74, 6) is 0.674. The Balaban J connectivity index is 1.57. The maximum Gasteiger partial charge on any atom is 0.585 e. The van der Waals surface area contributed by atoms with E-state index in [9.17, 15) is 9.82 Å². The van der Waals surface area contributed by atoms with E-state index in [0.717, 1.165) is 48.3 Å².